The lowest BCUT2D eigenvalue weighted by Gasteiger charge is -2.53. The monoisotopic (exact) mass is 793 g/mol. The molecule has 4 aromatic carbocycles. The van der Waals surface area contributed by atoms with Crippen molar-refractivity contribution < 1.29 is 9.59 Å². The second-order valence-corrected chi connectivity index (χ2v) is 17.8. The first-order valence-corrected chi connectivity index (χ1v) is 21.3. The Kier molecular flexibility index (Phi) is 11.7. The van der Waals surface area contributed by atoms with Crippen LogP contribution < -0.4 is 5.32 Å². The van der Waals surface area contributed by atoms with E-state index >= 15 is 0 Å². The number of aryl methyl sites for hydroxylation is 2. The quantitative estimate of drug-likeness (QED) is 0.143. The van der Waals surface area contributed by atoms with E-state index in [0.29, 0.717) is 0 Å². The van der Waals surface area contributed by atoms with Gasteiger partial charge in [-0.25, -0.2) is 0 Å². The highest BCUT2D eigenvalue weighted by atomic mass is 16.2. The predicted octanol–water partition coefficient (Wildman–Crippen LogP) is 10.0. The van der Waals surface area contributed by atoms with Gasteiger partial charge in [-0.1, -0.05) is 97.1 Å². The number of rotatable bonds is 8. The summed E-state index contributed by atoms with van der Waals surface area (Å²) in [5.74, 6) is 0.144. The van der Waals surface area contributed by atoms with Crippen molar-refractivity contribution in [2.75, 3.05) is 35.2 Å². The highest BCUT2D eigenvalue weighted by molar-refractivity contribution is 5.86. The number of H-pyrrole nitrogens is 2. The van der Waals surface area contributed by atoms with Gasteiger partial charge in [0.1, 0.15) is 0 Å². The topological polar surface area (TPSA) is 87.5 Å². The zero-order chi connectivity index (χ0) is 42.2. The predicted molar refractivity (Wildman–Crippen MR) is 242 cm³/mol. The van der Waals surface area contributed by atoms with E-state index in [1.54, 1.807) is 13.8 Å². The molecule has 2 aliphatic carbocycles. The van der Waals surface area contributed by atoms with Gasteiger partial charge >= 0.3 is 0 Å². The second kappa shape index (κ2) is 16.5. The number of hydrogen-bond donors (Lipinski definition) is 3. The molecule has 8 rings (SSSR count). The third-order valence-corrected chi connectivity index (χ3v) is 14.6. The van der Waals surface area contributed by atoms with Crippen molar-refractivity contribution >= 4 is 33.6 Å². The van der Waals surface area contributed by atoms with Crippen LogP contribution in [0.3, 0.4) is 0 Å². The normalized spacial score (nSPS) is 24.5. The van der Waals surface area contributed by atoms with Crippen LogP contribution in [0.5, 0.6) is 0 Å². The molecule has 0 aliphatic heterocycles. The van der Waals surface area contributed by atoms with Gasteiger partial charge in [0.15, 0.2) is 0 Å². The Labute approximate surface area is 351 Å². The van der Waals surface area contributed by atoms with Gasteiger partial charge in [0.25, 0.3) is 0 Å². The maximum absolute atomic E-state index is 12.6. The molecule has 2 aliphatic rings. The molecule has 0 bridgehead atoms. The Morgan fingerprint density at radius 2 is 0.881 bits per heavy atom. The van der Waals surface area contributed by atoms with Crippen molar-refractivity contribution in [3.8, 4) is 0 Å². The van der Waals surface area contributed by atoms with Gasteiger partial charge in [-0.3, -0.25) is 19.4 Å². The molecule has 2 heterocycles. The summed E-state index contributed by atoms with van der Waals surface area (Å²) in [6, 6.07) is 38.5. The standard InChI is InChI=1S/C26H33N3O.C25H31N3O/c1-19-22-13-9-10-14-23(22)27-24(19)26(29(5)20(2)30)17-15-25(16-18-26,28(3)4)21-11-7-6-8-12-21;1-18-21-12-8-9-13-22(21)26-23(18)24(27-19(2)29)14-16-25(17-15-24,28(3)4)20-10-6-5-7-11-20/h6-14,27H,15-18H2,1-5H3;5-13,26H,14-17H2,1-4H3,(H,27,29). The third kappa shape index (κ3) is 7.40. The second-order valence-electron chi connectivity index (χ2n) is 17.8. The number of carbonyl (C=O) groups excluding carboxylic acids is 2. The highest BCUT2D eigenvalue weighted by Crippen LogP contribution is 2.52. The van der Waals surface area contributed by atoms with Crippen molar-refractivity contribution in [3.05, 3.63) is 143 Å². The van der Waals surface area contributed by atoms with E-state index in [0.717, 1.165) is 68.1 Å². The van der Waals surface area contributed by atoms with Crippen LogP contribution in [0.1, 0.15) is 98.9 Å². The smallest absolute Gasteiger partial charge is 0.219 e. The van der Waals surface area contributed by atoms with Gasteiger partial charge in [0.05, 0.1) is 11.1 Å². The summed E-state index contributed by atoms with van der Waals surface area (Å²) in [4.78, 5) is 38.9. The number of aromatic nitrogens is 2. The largest absolute Gasteiger partial charge is 0.356 e. The van der Waals surface area contributed by atoms with E-state index in [1.165, 1.54) is 38.7 Å². The van der Waals surface area contributed by atoms with Gasteiger partial charge < -0.3 is 20.2 Å². The zero-order valence-corrected chi connectivity index (χ0v) is 36.7. The average molecular weight is 793 g/mol. The van der Waals surface area contributed by atoms with Crippen LogP contribution in [0.4, 0.5) is 0 Å². The number of nitrogens with zero attached hydrogens (tertiary/aromatic N) is 3. The number of nitrogens with one attached hydrogen (secondary N) is 3. The number of benzene rings is 4. The van der Waals surface area contributed by atoms with E-state index in [4.69, 9.17) is 0 Å². The van der Waals surface area contributed by atoms with Crippen molar-refractivity contribution in [3.63, 3.8) is 0 Å². The Bertz CT molecular complexity index is 2390. The number of carbonyl (C=O) groups is 2. The molecule has 8 heteroatoms. The lowest BCUT2D eigenvalue weighted by Crippen LogP contribution is -2.54. The molecule has 0 unspecified atom stereocenters. The van der Waals surface area contributed by atoms with E-state index < -0.39 is 0 Å². The van der Waals surface area contributed by atoms with E-state index in [-0.39, 0.29) is 34.0 Å². The number of amides is 2. The van der Waals surface area contributed by atoms with Gasteiger partial charge in [-0.05, 0) is 128 Å². The Morgan fingerprint density at radius 1 is 0.508 bits per heavy atom. The van der Waals surface area contributed by atoms with Crippen molar-refractivity contribution in [1.82, 2.24) is 30.0 Å². The highest BCUT2D eigenvalue weighted by Gasteiger charge is 2.50. The molecule has 2 fully saturated rings. The van der Waals surface area contributed by atoms with E-state index in [9.17, 15) is 9.59 Å². The van der Waals surface area contributed by atoms with Crippen LogP contribution in [0.15, 0.2) is 109 Å². The summed E-state index contributed by atoms with van der Waals surface area (Å²) in [6.07, 6.45) is 7.60. The first kappa shape index (κ1) is 42.0. The number of para-hydroxylation sites is 2. The number of aromatic amines is 2. The fourth-order valence-corrected chi connectivity index (χ4v) is 11.0. The zero-order valence-electron chi connectivity index (χ0n) is 36.7. The summed E-state index contributed by atoms with van der Waals surface area (Å²) in [6.45, 7) is 7.67. The number of fused-ring (bicyclic) bond motifs is 2. The van der Waals surface area contributed by atoms with E-state index in [2.05, 4.69) is 176 Å². The van der Waals surface area contributed by atoms with Gasteiger partial charge in [0, 0.05) is 65.2 Å². The Morgan fingerprint density at radius 3 is 1.29 bits per heavy atom. The maximum Gasteiger partial charge on any atom is 0.219 e. The molecule has 3 N–H and O–H groups in total. The lowest BCUT2D eigenvalue weighted by molar-refractivity contribution is -0.137. The average Bonchev–Trinajstić information content (AvgIpc) is 3.78. The molecule has 2 saturated carbocycles. The fourth-order valence-electron chi connectivity index (χ4n) is 11.0. The summed E-state index contributed by atoms with van der Waals surface area (Å²) >= 11 is 0. The molecule has 8 nitrogen and oxygen atoms in total. The number of hydrogen-bond acceptors (Lipinski definition) is 4. The van der Waals surface area contributed by atoms with E-state index in [1.807, 2.05) is 11.9 Å². The SMILES string of the molecule is CC(=O)N(C)C1(c2[nH]c3ccccc3c2C)CCC(c2ccccc2)(N(C)C)CC1.CC(=O)NC1(c2[nH]c3ccccc3c2C)CCC(c2ccccc2)(N(C)C)CC1. The molecule has 59 heavy (non-hydrogen) atoms. The minimum Gasteiger partial charge on any atom is -0.356 e. The van der Waals surface area contributed by atoms with Crippen LogP contribution in [0.2, 0.25) is 0 Å². The minimum absolute atomic E-state index is 0.0108. The van der Waals surface area contributed by atoms with Gasteiger partial charge in [-0.15, -0.1) is 0 Å². The molecular formula is C51H64N6O2. The molecule has 0 spiro atoms. The maximum atomic E-state index is 12.6. The summed E-state index contributed by atoms with van der Waals surface area (Å²) in [5, 5.41) is 5.84. The van der Waals surface area contributed by atoms with Crippen molar-refractivity contribution in [2.24, 2.45) is 0 Å². The molecule has 0 radical (unpaired) electrons. The summed E-state index contributed by atoms with van der Waals surface area (Å²) in [5.41, 5.74) is 9.17. The molecule has 310 valence electrons. The molecule has 0 saturated heterocycles. The molecule has 2 amide bonds. The fraction of sp³-hybridized carbons (Fsp3) is 0.412. The van der Waals surface area contributed by atoms with Crippen LogP contribution in [-0.4, -0.2) is 71.7 Å². The Hall–Kier alpha value is -5.18. The lowest BCUT2D eigenvalue weighted by atomic mass is 9.66. The molecule has 6 aromatic rings. The molecule has 0 atom stereocenters. The third-order valence-electron chi connectivity index (χ3n) is 14.6. The minimum atomic E-state index is -0.358. The Balaban J connectivity index is 0.000000179. The van der Waals surface area contributed by atoms with Gasteiger partial charge in [-0.2, -0.15) is 0 Å². The van der Waals surface area contributed by atoms with Crippen molar-refractivity contribution in [1.29, 1.82) is 0 Å². The van der Waals surface area contributed by atoms with Crippen LogP contribution in [-0.2, 0) is 31.7 Å². The summed E-state index contributed by atoms with van der Waals surface area (Å²) < 4.78 is 0. The molecule has 2 aromatic heterocycles. The molecular weight excluding hydrogens is 729 g/mol. The van der Waals surface area contributed by atoms with Crippen LogP contribution in [0.25, 0.3) is 21.8 Å². The first-order chi connectivity index (χ1) is 28.2. The first-order valence-electron chi connectivity index (χ1n) is 21.3. The van der Waals surface area contributed by atoms with Gasteiger partial charge in [0.2, 0.25) is 11.8 Å². The van der Waals surface area contributed by atoms with Crippen molar-refractivity contribution in [2.45, 2.75) is 101 Å². The van der Waals surface area contributed by atoms with Crippen LogP contribution in [0, 0.1) is 13.8 Å². The summed E-state index contributed by atoms with van der Waals surface area (Å²) in [7, 11) is 10.7. The van der Waals surface area contributed by atoms with Crippen LogP contribution >= 0.6 is 0 Å².